The number of likely N-dealkylation sites (tertiary alicyclic amines) is 1. The highest BCUT2D eigenvalue weighted by molar-refractivity contribution is 5.65. The van der Waals surface area contributed by atoms with Crippen molar-refractivity contribution in [2.24, 2.45) is 13.0 Å². The molecule has 2 aromatic rings. The van der Waals surface area contributed by atoms with Gasteiger partial charge in [-0.25, -0.2) is 4.39 Å². The van der Waals surface area contributed by atoms with Gasteiger partial charge in [0, 0.05) is 55.4 Å². The fourth-order valence-corrected chi connectivity index (χ4v) is 6.14. The van der Waals surface area contributed by atoms with Gasteiger partial charge in [-0.15, -0.1) is 10.2 Å². The van der Waals surface area contributed by atoms with E-state index in [1.807, 2.05) is 40.8 Å². The van der Waals surface area contributed by atoms with Crippen LogP contribution in [0, 0.1) is 5.92 Å². The number of anilines is 1. The lowest BCUT2D eigenvalue weighted by molar-refractivity contribution is -0.0909. The third-order valence-corrected chi connectivity index (χ3v) is 8.89. The van der Waals surface area contributed by atoms with E-state index in [0.29, 0.717) is 48.9 Å². The van der Waals surface area contributed by atoms with E-state index < -0.39 is 17.4 Å². The summed E-state index contributed by atoms with van der Waals surface area (Å²) in [5.41, 5.74) is 0.499. The Labute approximate surface area is 237 Å². The number of alkyl halides is 4. The fourth-order valence-electron chi connectivity index (χ4n) is 6.14. The number of aromatic nitrogens is 3. The van der Waals surface area contributed by atoms with Crippen molar-refractivity contribution in [3.8, 4) is 0 Å². The van der Waals surface area contributed by atoms with Crippen molar-refractivity contribution in [2.75, 3.05) is 18.0 Å². The molecule has 3 aliphatic heterocycles. The Bertz CT molecular complexity index is 1470. The maximum Gasteiger partial charge on any atom is 0.418 e. The van der Waals surface area contributed by atoms with Crippen molar-refractivity contribution < 1.29 is 17.6 Å². The van der Waals surface area contributed by atoms with Crippen LogP contribution < -0.4 is 4.90 Å². The molecule has 1 aliphatic carbocycles. The molecule has 0 radical (unpaired) electrons. The van der Waals surface area contributed by atoms with Crippen LogP contribution in [0.3, 0.4) is 0 Å². The molecular weight excluding hydrogens is 532 g/mol. The number of piperidine rings is 1. The molecular formula is C31H34F4N6. The summed E-state index contributed by atoms with van der Waals surface area (Å²) < 4.78 is 59.5. The van der Waals surface area contributed by atoms with Crippen LogP contribution >= 0.6 is 0 Å². The molecule has 0 bridgehead atoms. The van der Waals surface area contributed by atoms with Gasteiger partial charge in [-0.2, -0.15) is 13.2 Å². The number of hydrogen-bond acceptors (Lipinski definition) is 5. The average molecular weight is 567 g/mol. The molecule has 1 aromatic heterocycles. The van der Waals surface area contributed by atoms with E-state index in [1.165, 1.54) is 17.5 Å². The Kier molecular flexibility index (Phi) is 6.62. The Morgan fingerprint density at radius 3 is 2.46 bits per heavy atom. The molecule has 6 nitrogen and oxygen atoms in total. The molecule has 2 fully saturated rings. The largest absolute Gasteiger partial charge is 0.418 e. The topological polar surface area (TPSA) is 40.4 Å². The van der Waals surface area contributed by atoms with Gasteiger partial charge in [-0.05, 0) is 62.3 Å². The average Bonchev–Trinajstić information content (AvgIpc) is 3.47. The van der Waals surface area contributed by atoms with Crippen molar-refractivity contribution in [3.63, 3.8) is 0 Å². The first kappa shape index (κ1) is 27.4. The summed E-state index contributed by atoms with van der Waals surface area (Å²) in [6.45, 7) is 10.6. The summed E-state index contributed by atoms with van der Waals surface area (Å²) in [5.74, 6) is 1.73. The van der Waals surface area contributed by atoms with E-state index in [2.05, 4.69) is 23.4 Å². The Hall–Kier alpha value is -3.82. The summed E-state index contributed by atoms with van der Waals surface area (Å²) in [5, 5.41) is 8.48. The number of rotatable bonds is 6. The molecule has 1 unspecified atom stereocenters. The Morgan fingerprint density at radius 2 is 1.85 bits per heavy atom. The summed E-state index contributed by atoms with van der Waals surface area (Å²) in [6.07, 6.45) is 5.34. The third-order valence-electron chi connectivity index (χ3n) is 8.89. The number of halogens is 4. The SMILES string of the molecule is C=C(C1=CN2C(=C)N(c3cccc(C(c4nncn4C)C4CCC4)c3)C=C2C(C(F)(F)F)=C1)N1CCC(C)(F)CC1. The van der Waals surface area contributed by atoms with Crippen molar-refractivity contribution in [1.82, 2.24) is 24.6 Å². The zero-order valence-corrected chi connectivity index (χ0v) is 23.3. The highest BCUT2D eigenvalue weighted by atomic mass is 19.4. The van der Waals surface area contributed by atoms with Crippen LogP contribution in [0.15, 0.2) is 90.6 Å². The van der Waals surface area contributed by atoms with Gasteiger partial charge < -0.3 is 19.3 Å². The normalized spacial score (nSPS) is 21.7. The van der Waals surface area contributed by atoms with Crippen molar-refractivity contribution in [3.05, 3.63) is 102 Å². The van der Waals surface area contributed by atoms with Gasteiger partial charge in [-0.3, -0.25) is 0 Å². The highest BCUT2D eigenvalue weighted by Gasteiger charge is 2.44. The maximum absolute atomic E-state index is 14.4. The van der Waals surface area contributed by atoms with Crippen molar-refractivity contribution in [1.29, 1.82) is 0 Å². The molecule has 41 heavy (non-hydrogen) atoms. The number of benzene rings is 1. The van der Waals surface area contributed by atoms with Crippen LogP contribution in [0.25, 0.3) is 0 Å². The van der Waals surface area contributed by atoms with Crippen molar-refractivity contribution in [2.45, 2.75) is 56.8 Å². The quantitative estimate of drug-likeness (QED) is 0.356. The molecule has 1 atom stereocenters. The van der Waals surface area contributed by atoms with Gasteiger partial charge in [0.25, 0.3) is 0 Å². The van der Waals surface area contributed by atoms with E-state index >= 15 is 0 Å². The van der Waals surface area contributed by atoms with E-state index in [9.17, 15) is 17.6 Å². The molecule has 0 N–H and O–H groups in total. The number of allylic oxidation sites excluding steroid dienone is 2. The van der Waals surface area contributed by atoms with Gasteiger partial charge in [-0.1, -0.05) is 31.7 Å². The summed E-state index contributed by atoms with van der Waals surface area (Å²) in [4.78, 5) is 5.04. The number of aryl methyl sites for hydroxylation is 1. The second-order valence-corrected chi connectivity index (χ2v) is 11.7. The smallest absolute Gasteiger partial charge is 0.371 e. The minimum absolute atomic E-state index is 0.00303. The first-order valence-electron chi connectivity index (χ1n) is 14.0. The van der Waals surface area contributed by atoms with Crippen LogP contribution in [0.2, 0.25) is 0 Å². The lowest BCUT2D eigenvalue weighted by atomic mass is 9.72. The zero-order valence-electron chi connectivity index (χ0n) is 23.3. The van der Waals surface area contributed by atoms with Crippen LogP contribution in [-0.2, 0) is 7.05 Å². The van der Waals surface area contributed by atoms with Crippen LogP contribution in [0.4, 0.5) is 23.2 Å². The predicted octanol–water partition coefficient (Wildman–Crippen LogP) is 6.91. The molecule has 10 heteroatoms. The summed E-state index contributed by atoms with van der Waals surface area (Å²) in [6, 6.07) is 7.86. The fraction of sp³-hybridized carbons (Fsp3) is 0.419. The van der Waals surface area contributed by atoms with Crippen molar-refractivity contribution >= 4 is 5.69 Å². The van der Waals surface area contributed by atoms with Gasteiger partial charge in [0.15, 0.2) is 0 Å². The number of fused-ring (bicyclic) bond motifs is 1. The monoisotopic (exact) mass is 566 g/mol. The second kappa shape index (κ2) is 9.92. The lowest BCUT2D eigenvalue weighted by Gasteiger charge is -2.38. The van der Waals surface area contributed by atoms with Gasteiger partial charge >= 0.3 is 6.18 Å². The molecule has 6 rings (SSSR count). The Morgan fingerprint density at radius 1 is 1.12 bits per heavy atom. The van der Waals surface area contributed by atoms with Gasteiger partial charge in [0.2, 0.25) is 0 Å². The molecule has 1 saturated heterocycles. The first-order chi connectivity index (χ1) is 19.4. The molecule has 1 saturated carbocycles. The highest BCUT2D eigenvalue weighted by Crippen LogP contribution is 2.47. The van der Waals surface area contributed by atoms with E-state index in [-0.39, 0.29) is 11.6 Å². The summed E-state index contributed by atoms with van der Waals surface area (Å²) >= 11 is 0. The van der Waals surface area contributed by atoms with E-state index in [0.717, 1.165) is 36.0 Å². The second-order valence-electron chi connectivity index (χ2n) is 11.7. The van der Waals surface area contributed by atoms with E-state index in [4.69, 9.17) is 0 Å². The molecule has 0 amide bonds. The Balaban J connectivity index is 1.33. The predicted molar refractivity (Wildman–Crippen MR) is 150 cm³/mol. The van der Waals surface area contributed by atoms with Gasteiger partial charge in [0.1, 0.15) is 23.6 Å². The van der Waals surface area contributed by atoms with Crippen LogP contribution in [-0.4, -0.2) is 49.5 Å². The lowest BCUT2D eigenvalue weighted by Crippen LogP contribution is -2.40. The van der Waals surface area contributed by atoms with E-state index in [1.54, 1.807) is 24.4 Å². The summed E-state index contributed by atoms with van der Waals surface area (Å²) in [7, 11) is 1.93. The van der Waals surface area contributed by atoms with Crippen LogP contribution in [0.5, 0.6) is 0 Å². The minimum Gasteiger partial charge on any atom is -0.371 e. The number of nitrogens with zero attached hydrogens (tertiary/aromatic N) is 6. The molecule has 4 aliphatic rings. The first-order valence-corrected chi connectivity index (χ1v) is 14.0. The standard InChI is InChI=1S/C31H34F4N6/c1-20(39-13-11-30(3,32)12-14-39)24-16-26(31(33,34)35)27-18-40(21(2)41(27)17-24)25-10-6-9-23(15-25)28(22-7-5-8-22)29-37-36-19-38(29)4/h6,9-10,15-19,22,28H,1-2,5,7-8,11-14H2,3-4H3. The third kappa shape index (κ3) is 4.97. The minimum atomic E-state index is -4.60. The molecule has 0 spiro atoms. The molecule has 4 heterocycles. The molecule has 216 valence electrons. The molecule has 1 aromatic carbocycles. The maximum atomic E-state index is 14.4. The number of hydrogen-bond donors (Lipinski definition) is 0. The van der Waals surface area contributed by atoms with Crippen LogP contribution in [0.1, 0.15) is 56.3 Å². The van der Waals surface area contributed by atoms with Gasteiger partial charge in [0.05, 0.1) is 11.3 Å². The zero-order chi connectivity index (χ0) is 29.1.